The molecule has 0 spiro atoms. The lowest BCUT2D eigenvalue weighted by Gasteiger charge is -2.37. The van der Waals surface area contributed by atoms with Crippen molar-refractivity contribution in [1.29, 1.82) is 0 Å². The Hall–Kier alpha value is -3.89. The van der Waals surface area contributed by atoms with Crippen LogP contribution in [0.15, 0.2) is 72.5 Å². The molecule has 3 aliphatic heterocycles. The third-order valence-electron chi connectivity index (χ3n) is 7.51. The van der Waals surface area contributed by atoms with Gasteiger partial charge in [0.25, 0.3) is 5.91 Å². The third-order valence-corrected chi connectivity index (χ3v) is 7.51. The number of piperazine rings is 1. The first-order chi connectivity index (χ1) is 19.7. The minimum Gasteiger partial charge on any atom is -0.485 e. The van der Waals surface area contributed by atoms with E-state index in [9.17, 15) is 23.2 Å². The molecule has 2 aromatic carbocycles. The molecular formula is C31H36F2N4O4. The maximum atomic E-state index is 13.6. The second kappa shape index (κ2) is 13.6. The summed E-state index contributed by atoms with van der Waals surface area (Å²) in [5, 5.41) is 2.43. The van der Waals surface area contributed by atoms with Gasteiger partial charge in [-0.1, -0.05) is 49.1 Å². The summed E-state index contributed by atoms with van der Waals surface area (Å²) in [6.07, 6.45) is 4.31. The Morgan fingerprint density at radius 1 is 1.15 bits per heavy atom. The summed E-state index contributed by atoms with van der Waals surface area (Å²) in [4.78, 5) is 43.2. The van der Waals surface area contributed by atoms with E-state index in [1.807, 2.05) is 37.4 Å². The standard InChI is InChI=1S/C21H19F2NO3.C10H17N3O/c1-3-18(20(25)14(2)27-13-15-7-5-4-6-8-15)21(26)24-12-16-9-10-17(22)11-19(16)23;1-11-6-9-12-4-2-3-8(12)5-13(9)10(14)7-11/h3-11H,2,12-13H2,1H3,(H,24,26);8-9H,2-7H2,1H3/b18-3+;. The number of hydrogen-bond acceptors (Lipinski definition) is 6. The van der Waals surface area contributed by atoms with Crippen LogP contribution in [0.3, 0.4) is 0 Å². The highest BCUT2D eigenvalue weighted by Gasteiger charge is 2.46. The van der Waals surface area contributed by atoms with Crippen molar-refractivity contribution in [2.45, 2.75) is 45.1 Å². The number of carbonyl (C=O) groups excluding carboxylic acids is 3. The Labute approximate surface area is 239 Å². The fourth-order valence-corrected chi connectivity index (χ4v) is 5.37. The van der Waals surface area contributed by atoms with Gasteiger partial charge in [0.1, 0.15) is 18.2 Å². The molecule has 2 atom stereocenters. The molecule has 2 amide bonds. The number of halogens is 2. The smallest absolute Gasteiger partial charge is 0.255 e. The molecule has 3 heterocycles. The van der Waals surface area contributed by atoms with Gasteiger partial charge in [0.15, 0.2) is 5.76 Å². The lowest BCUT2D eigenvalue weighted by Crippen LogP contribution is -2.56. The van der Waals surface area contributed by atoms with Gasteiger partial charge in [0.2, 0.25) is 11.7 Å². The molecule has 3 fully saturated rings. The molecule has 0 aliphatic carbocycles. The van der Waals surface area contributed by atoms with Gasteiger partial charge in [0.05, 0.1) is 18.3 Å². The molecule has 3 saturated heterocycles. The van der Waals surface area contributed by atoms with Crippen molar-refractivity contribution in [1.82, 2.24) is 20.0 Å². The number of ether oxygens (including phenoxy) is 1. The van der Waals surface area contributed by atoms with Gasteiger partial charge in [0, 0.05) is 43.9 Å². The maximum Gasteiger partial charge on any atom is 0.255 e. The molecule has 2 aromatic rings. The molecule has 0 aromatic heterocycles. The number of amides is 2. The number of fused-ring (bicyclic) bond motifs is 3. The van der Waals surface area contributed by atoms with Crippen molar-refractivity contribution < 1.29 is 27.9 Å². The van der Waals surface area contributed by atoms with Gasteiger partial charge in [-0.2, -0.15) is 0 Å². The molecule has 0 saturated carbocycles. The number of hydrogen-bond donors (Lipinski definition) is 1. The summed E-state index contributed by atoms with van der Waals surface area (Å²) in [6, 6.07) is 12.9. The molecule has 0 bridgehead atoms. The van der Waals surface area contributed by atoms with E-state index in [2.05, 4.69) is 26.6 Å². The van der Waals surface area contributed by atoms with E-state index >= 15 is 0 Å². The Kier molecular flexibility index (Phi) is 10.0. The number of carbonyl (C=O) groups is 3. The normalized spacial score (nSPS) is 20.5. The van der Waals surface area contributed by atoms with Crippen molar-refractivity contribution in [3.05, 3.63) is 95.3 Å². The van der Waals surface area contributed by atoms with Crippen molar-refractivity contribution in [2.75, 3.05) is 33.2 Å². The lowest BCUT2D eigenvalue weighted by atomic mass is 10.1. The number of rotatable bonds is 8. The van der Waals surface area contributed by atoms with E-state index in [0.717, 1.165) is 30.8 Å². The van der Waals surface area contributed by atoms with E-state index in [1.165, 1.54) is 38.5 Å². The summed E-state index contributed by atoms with van der Waals surface area (Å²) >= 11 is 0. The summed E-state index contributed by atoms with van der Waals surface area (Å²) in [7, 11) is 2.04. The maximum absolute atomic E-state index is 13.6. The van der Waals surface area contributed by atoms with Crippen LogP contribution in [-0.2, 0) is 32.3 Å². The first-order valence-corrected chi connectivity index (χ1v) is 13.7. The molecule has 3 aliphatic rings. The molecule has 10 heteroatoms. The van der Waals surface area contributed by atoms with Crippen molar-refractivity contribution >= 4 is 17.6 Å². The second-order valence-corrected chi connectivity index (χ2v) is 10.4. The van der Waals surface area contributed by atoms with Crippen LogP contribution >= 0.6 is 0 Å². The number of benzene rings is 2. The van der Waals surface area contributed by atoms with Crippen LogP contribution < -0.4 is 5.32 Å². The van der Waals surface area contributed by atoms with E-state index < -0.39 is 23.3 Å². The van der Waals surface area contributed by atoms with Gasteiger partial charge in [-0.15, -0.1) is 0 Å². The van der Waals surface area contributed by atoms with Crippen LogP contribution in [0.1, 0.15) is 30.9 Å². The topological polar surface area (TPSA) is 82.2 Å². The largest absolute Gasteiger partial charge is 0.485 e. The predicted molar refractivity (Wildman–Crippen MR) is 150 cm³/mol. The van der Waals surface area contributed by atoms with Crippen LogP contribution in [0.2, 0.25) is 0 Å². The number of Topliss-reactive ketones (excluding diaryl/α,β-unsaturated/α-hetero) is 1. The summed E-state index contributed by atoms with van der Waals surface area (Å²) in [6.45, 7) is 8.86. The first kappa shape index (κ1) is 30.1. The van der Waals surface area contributed by atoms with E-state index in [4.69, 9.17) is 4.74 Å². The predicted octanol–water partition coefficient (Wildman–Crippen LogP) is 3.39. The number of allylic oxidation sites excluding steroid dienone is 2. The molecular weight excluding hydrogens is 530 g/mol. The quantitative estimate of drug-likeness (QED) is 0.228. The van der Waals surface area contributed by atoms with Gasteiger partial charge in [-0.3, -0.25) is 24.2 Å². The highest BCUT2D eigenvalue weighted by atomic mass is 19.1. The molecule has 5 rings (SSSR count). The average Bonchev–Trinajstić information content (AvgIpc) is 3.55. The van der Waals surface area contributed by atoms with Crippen molar-refractivity contribution in [3.8, 4) is 0 Å². The Bertz CT molecular complexity index is 1320. The number of likely N-dealkylation sites (N-methyl/N-ethyl adjacent to an activating group) is 1. The van der Waals surface area contributed by atoms with Gasteiger partial charge < -0.3 is 15.0 Å². The highest BCUT2D eigenvalue weighted by molar-refractivity contribution is 6.24. The second-order valence-electron chi connectivity index (χ2n) is 10.4. The summed E-state index contributed by atoms with van der Waals surface area (Å²) in [5.41, 5.74) is 0.784. The summed E-state index contributed by atoms with van der Waals surface area (Å²) < 4.78 is 31.9. The van der Waals surface area contributed by atoms with Crippen LogP contribution in [0.5, 0.6) is 0 Å². The molecule has 1 N–H and O–H groups in total. The van der Waals surface area contributed by atoms with E-state index in [0.29, 0.717) is 24.7 Å². The Morgan fingerprint density at radius 2 is 1.90 bits per heavy atom. The van der Waals surface area contributed by atoms with Crippen LogP contribution in [0, 0.1) is 11.6 Å². The zero-order valence-electron chi connectivity index (χ0n) is 23.4. The molecule has 2 unspecified atom stereocenters. The number of ketones is 1. The SMILES string of the molecule is C=C(OCc1ccccc1)C(=O)/C(=C\C)C(=O)NCc1ccc(F)cc1F.CN1CC(=O)N2CC3CCCN3C2C1. The van der Waals surface area contributed by atoms with Crippen molar-refractivity contribution in [3.63, 3.8) is 0 Å². The molecule has 41 heavy (non-hydrogen) atoms. The fourth-order valence-electron chi connectivity index (χ4n) is 5.37. The van der Waals surface area contributed by atoms with E-state index in [1.54, 1.807) is 0 Å². The third kappa shape index (κ3) is 7.45. The Balaban J connectivity index is 0.000000228. The molecule has 218 valence electrons. The fraction of sp³-hybridized carbons (Fsp3) is 0.387. The highest BCUT2D eigenvalue weighted by Crippen LogP contribution is 2.31. The van der Waals surface area contributed by atoms with E-state index in [-0.39, 0.29) is 30.0 Å². The van der Waals surface area contributed by atoms with Gasteiger partial charge >= 0.3 is 0 Å². The van der Waals surface area contributed by atoms with Crippen molar-refractivity contribution in [2.24, 2.45) is 0 Å². The Morgan fingerprint density at radius 3 is 2.61 bits per heavy atom. The molecule has 8 nitrogen and oxygen atoms in total. The minimum absolute atomic E-state index is 0.104. The average molecular weight is 567 g/mol. The van der Waals surface area contributed by atoms with Crippen LogP contribution in [-0.4, -0.2) is 77.7 Å². The van der Waals surface area contributed by atoms with Crippen LogP contribution in [0.25, 0.3) is 0 Å². The number of nitrogens with zero attached hydrogens (tertiary/aromatic N) is 3. The van der Waals surface area contributed by atoms with Gasteiger partial charge in [-0.05, 0) is 38.4 Å². The summed E-state index contributed by atoms with van der Waals surface area (Å²) in [5.74, 6) is -2.70. The lowest BCUT2D eigenvalue weighted by molar-refractivity contribution is -0.139. The first-order valence-electron chi connectivity index (χ1n) is 13.7. The van der Waals surface area contributed by atoms with Gasteiger partial charge in [-0.25, -0.2) is 8.78 Å². The monoisotopic (exact) mass is 566 g/mol. The molecule has 0 radical (unpaired) electrons. The number of nitrogens with one attached hydrogen (secondary N) is 1. The minimum atomic E-state index is -0.778. The zero-order valence-corrected chi connectivity index (χ0v) is 23.4. The van der Waals surface area contributed by atoms with Crippen LogP contribution in [0.4, 0.5) is 8.78 Å². The zero-order chi connectivity index (χ0) is 29.5.